The SMILES string of the molecule is CCc1ncc(C(=O)CCCc2ccc(C34CCC(CO3)NC4)cc2)cn1. The van der Waals surface area contributed by atoms with E-state index < -0.39 is 0 Å². The Morgan fingerprint density at radius 1 is 1.26 bits per heavy atom. The highest BCUT2D eigenvalue weighted by Gasteiger charge is 2.42. The lowest BCUT2D eigenvalue weighted by Crippen LogP contribution is -2.57. The number of carbonyl (C=O) groups is 1. The van der Waals surface area contributed by atoms with E-state index in [1.165, 1.54) is 17.5 Å². The molecule has 27 heavy (non-hydrogen) atoms. The maximum atomic E-state index is 12.3. The molecule has 2 aromatic rings. The van der Waals surface area contributed by atoms with Crippen LogP contribution in [-0.4, -0.2) is 34.9 Å². The molecule has 0 saturated carbocycles. The van der Waals surface area contributed by atoms with Crippen molar-refractivity contribution in [1.82, 2.24) is 15.3 Å². The molecular weight excluding hydrogens is 338 g/mol. The number of morpholine rings is 1. The summed E-state index contributed by atoms with van der Waals surface area (Å²) >= 11 is 0. The Labute approximate surface area is 160 Å². The zero-order chi connectivity index (χ0) is 18.7. The maximum absolute atomic E-state index is 12.3. The Morgan fingerprint density at radius 2 is 2.04 bits per heavy atom. The fourth-order valence-electron chi connectivity index (χ4n) is 4.02. The Balaban J connectivity index is 1.30. The molecule has 5 heteroatoms. The number of hydrogen-bond acceptors (Lipinski definition) is 5. The number of Topliss-reactive ketones (excluding diaryl/α,β-unsaturated/α-hetero) is 1. The fraction of sp³-hybridized carbons (Fsp3) is 0.500. The van der Waals surface area contributed by atoms with Gasteiger partial charge in [0.15, 0.2) is 5.78 Å². The van der Waals surface area contributed by atoms with Gasteiger partial charge in [0.1, 0.15) is 11.4 Å². The number of piperidine rings is 1. The second kappa shape index (κ2) is 7.87. The van der Waals surface area contributed by atoms with Gasteiger partial charge in [0.25, 0.3) is 0 Å². The molecule has 142 valence electrons. The van der Waals surface area contributed by atoms with E-state index in [2.05, 4.69) is 39.6 Å². The lowest BCUT2D eigenvalue weighted by atomic mass is 9.81. The second-order valence-electron chi connectivity index (χ2n) is 7.64. The standard InChI is InChI=1S/C22H27N3O2/c1-2-21-23-12-17(13-24-21)20(26)5-3-4-16-6-8-18(9-7-16)22-11-10-19(14-27-22)25-15-22/h6-9,12-13,19,25H,2-5,10-11,14-15H2,1H3. The molecule has 5 nitrogen and oxygen atoms in total. The van der Waals surface area contributed by atoms with Gasteiger partial charge in [0.2, 0.25) is 0 Å². The third-order valence-corrected chi connectivity index (χ3v) is 5.83. The highest BCUT2D eigenvalue weighted by molar-refractivity contribution is 5.95. The minimum absolute atomic E-state index is 0.117. The first-order valence-electron chi connectivity index (χ1n) is 9.99. The van der Waals surface area contributed by atoms with E-state index in [1.807, 2.05) is 6.92 Å². The largest absolute Gasteiger partial charge is 0.367 e. The van der Waals surface area contributed by atoms with Gasteiger partial charge in [-0.25, -0.2) is 9.97 Å². The summed E-state index contributed by atoms with van der Waals surface area (Å²) in [6, 6.07) is 9.28. The molecule has 2 unspecified atom stereocenters. The van der Waals surface area contributed by atoms with Gasteiger partial charge in [-0.1, -0.05) is 31.2 Å². The van der Waals surface area contributed by atoms with E-state index in [-0.39, 0.29) is 11.4 Å². The number of hydrogen-bond donors (Lipinski definition) is 1. The summed E-state index contributed by atoms with van der Waals surface area (Å²) < 4.78 is 6.15. The zero-order valence-electron chi connectivity index (χ0n) is 15.9. The molecule has 3 fully saturated rings. The summed E-state index contributed by atoms with van der Waals surface area (Å²) in [5.41, 5.74) is 2.99. The smallest absolute Gasteiger partial charge is 0.165 e. The summed E-state index contributed by atoms with van der Waals surface area (Å²) in [5.74, 6) is 0.892. The molecule has 5 rings (SSSR count). The van der Waals surface area contributed by atoms with Crippen LogP contribution >= 0.6 is 0 Å². The topological polar surface area (TPSA) is 64.1 Å². The molecule has 1 aromatic carbocycles. The van der Waals surface area contributed by atoms with E-state index in [9.17, 15) is 4.79 Å². The van der Waals surface area contributed by atoms with Gasteiger partial charge >= 0.3 is 0 Å². The maximum Gasteiger partial charge on any atom is 0.165 e. The highest BCUT2D eigenvalue weighted by atomic mass is 16.5. The Kier molecular flexibility index (Phi) is 5.32. The van der Waals surface area contributed by atoms with Gasteiger partial charge in [-0.3, -0.25) is 4.79 Å². The van der Waals surface area contributed by atoms with Crippen LogP contribution in [-0.2, 0) is 23.2 Å². The monoisotopic (exact) mass is 365 g/mol. The van der Waals surface area contributed by atoms with Gasteiger partial charge in [-0.15, -0.1) is 0 Å². The first kappa shape index (κ1) is 18.3. The molecule has 2 bridgehead atoms. The van der Waals surface area contributed by atoms with E-state index >= 15 is 0 Å². The van der Waals surface area contributed by atoms with E-state index in [4.69, 9.17) is 4.74 Å². The lowest BCUT2D eigenvalue weighted by Gasteiger charge is -2.47. The number of benzene rings is 1. The Bertz CT molecular complexity index is 764. The van der Waals surface area contributed by atoms with Crippen molar-refractivity contribution in [2.75, 3.05) is 13.2 Å². The number of aromatic nitrogens is 2. The molecule has 3 aliphatic rings. The Morgan fingerprint density at radius 3 is 2.63 bits per heavy atom. The molecule has 0 spiro atoms. The van der Waals surface area contributed by atoms with Crippen molar-refractivity contribution in [3.8, 4) is 0 Å². The fourth-order valence-corrected chi connectivity index (χ4v) is 4.02. The van der Waals surface area contributed by atoms with Crippen LogP contribution in [0.2, 0.25) is 0 Å². The molecule has 2 atom stereocenters. The Hall–Kier alpha value is -2.11. The predicted octanol–water partition coefficient (Wildman–Crippen LogP) is 3.22. The number of carbonyl (C=O) groups excluding carboxylic acids is 1. The summed E-state index contributed by atoms with van der Waals surface area (Å²) in [6.07, 6.45) is 8.61. The van der Waals surface area contributed by atoms with Crippen molar-refractivity contribution >= 4 is 5.78 Å². The molecule has 3 saturated heterocycles. The third-order valence-electron chi connectivity index (χ3n) is 5.83. The van der Waals surface area contributed by atoms with Crippen LogP contribution in [0.15, 0.2) is 36.7 Å². The van der Waals surface area contributed by atoms with Gasteiger partial charge < -0.3 is 10.1 Å². The van der Waals surface area contributed by atoms with Crippen LogP contribution < -0.4 is 5.32 Å². The van der Waals surface area contributed by atoms with Crippen molar-refractivity contribution < 1.29 is 9.53 Å². The molecule has 4 heterocycles. The van der Waals surface area contributed by atoms with Gasteiger partial charge in [0, 0.05) is 37.8 Å². The summed E-state index contributed by atoms with van der Waals surface area (Å²) in [4.78, 5) is 20.7. The lowest BCUT2D eigenvalue weighted by molar-refractivity contribution is -0.129. The van der Waals surface area contributed by atoms with Crippen LogP contribution in [0.5, 0.6) is 0 Å². The van der Waals surface area contributed by atoms with Gasteiger partial charge in [-0.05, 0) is 36.8 Å². The first-order valence-corrected chi connectivity index (χ1v) is 9.99. The average molecular weight is 365 g/mol. The minimum atomic E-state index is -0.145. The number of rotatable bonds is 7. The molecular formula is C22H27N3O2. The predicted molar refractivity (Wildman–Crippen MR) is 104 cm³/mol. The first-order chi connectivity index (χ1) is 13.2. The van der Waals surface area contributed by atoms with Crippen molar-refractivity contribution in [1.29, 1.82) is 0 Å². The van der Waals surface area contributed by atoms with E-state index in [0.29, 0.717) is 18.0 Å². The van der Waals surface area contributed by atoms with E-state index in [1.54, 1.807) is 12.4 Å². The molecule has 1 aromatic heterocycles. The van der Waals surface area contributed by atoms with Crippen molar-refractivity contribution in [3.63, 3.8) is 0 Å². The second-order valence-corrected chi connectivity index (χ2v) is 7.64. The minimum Gasteiger partial charge on any atom is -0.367 e. The normalized spacial score (nSPS) is 24.1. The van der Waals surface area contributed by atoms with Crippen molar-refractivity contribution in [3.05, 3.63) is 59.2 Å². The van der Waals surface area contributed by atoms with Crippen LogP contribution in [0, 0.1) is 0 Å². The van der Waals surface area contributed by atoms with Gasteiger partial charge in [0.05, 0.1) is 12.2 Å². The number of nitrogens with zero attached hydrogens (tertiary/aromatic N) is 2. The number of nitrogens with one attached hydrogen (secondary N) is 1. The number of ketones is 1. The van der Waals surface area contributed by atoms with E-state index in [0.717, 1.165) is 44.7 Å². The average Bonchev–Trinajstić information content (AvgIpc) is 2.75. The zero-order valence-corrected chi connectivity index (χ0v) is 15.9. The third kappa shape index (κ3) is 3.94. The highest BCUT2D eigenvalue weighted by Crippen LogP contribution is 2.38. The summed E-state index contributed by atoms with van der Waals surface area (Å²) in [5, 5.41) is 3.57. The molecule has 0 amide bonds. The van der Waals surface area contributed by atoms with Crippen molar-refractivity contribution in [2.45, 2.75) is 57.1 Å². The van der Waals surface area contributed by atoms with Crippen LogP contribution in [0.3, 0.4) is 0 Å². The number of ether oxygens (including phenoxy) is 1. The van der Waals surface area contributed by atoms with Crippen LogP contribution in [0.25, 0.3) is 0 Å². The molecule has 0 radical (unpaired) electrons. The summed E-state index contributed by atoms with van der Waals surface area (Å²) in [7, 11) is 0. The quantitative estimate of drug-likeness (QED) is 0.763. The van der Waals surface area contributed by atoms with Crippen LogP contribution in [0.4, 0.5) is 0 Å². The number of aryl methyl sites for hydroxylation is 2. The van der Waals surface area contributed by atoms with Crippen molar-refractivity contribution in [2.24, 2.45) is 0 Å². The molecule has 0 aliphatic carbocycles. The molecule has 1 N–H and O–H groups in total. The van der Waals surface area contributed by atoms with Crippen LogP contribution in [0.1, 0.15) is 59.9 Å². The number of fused-ring (bicyclic) bond motifs is 3. The molecule has 3 aliphatic heterocycles. The summed E-state index contributed by atoms with van der Waals surface area (Å²) in [6.45, 7) is 3.72. The van der Waals surface area contributed by atoms with Gasteiger partial charge in [-0.2, -0.15) is 0 Å².